The summed E-state index contributed by atoms with van der Waals surface area (Å²) in [4.78, 5) is 25.6. The maximum absolute atomic E-state index is 12.9. The molecule has 108 valence electrons. The van der Waals surface area contributed by atoms with E-state index in [9.17, 15) is 14.0 Å². The van der Waals surface area contributed by atoms with Crippen molar-refractivity contribution in [3.05, 3.63) is 30.1 Å². The van der Waals surface area contributed by atoms with Gasteiger partial charge in [0.25, 0.3) is 0 Å². The first-order valence-corrected chi connectivity index (χ1v) is 6.80. The number of hydrogen-bond acceptors (Lipinski definition) is 3. The van der Waals surface area contributed by atoms with Crippen molar-refractivity contribution in [2.75, 3.05) is 11.4 Å². The average molecular weight is 279 g/mol. The topological polar surface area (TPSA) is 46.6 Å². The van der Waals surface area contributed by atoms with E-state index in [1.807, 2.05) is 0 Å². The number of esters is 1. The Labute approximate surface area is 117 Å². The molecule has 20 heavy (non-hydrogen) atoms. The average Bonchev–Trinajstić information content (AvgIpc) is 3.24. The number of hydrogen-bond donors (Lipinski definition) is 0. The molecule has 1 fully saturated rings. The number of carbonyl (C=O) groups is 2. The lowest BCUT2D eigenvalue weighted by Gasteiger charge is -2.23. The van der Waals surface area contributed by atoms with Gasteiger partial charge in [0.2, 0.25) is 5.91 Å². The second-order valence-corrected chi connectivity index (χ2v) is 4.92. The van der Waals surface area contributed by atoms with E-state index >= 15 is 0 Å². The van der Waals surface area contributed by atoms with Gasteiger partial charge < -0.3 is 9.64 Å². The van der Waals surface area contributed by atoms with Crippen LogP contribution in [-0.4, -0.2) is 24.5 Å². The molecule has 0 heterocycles. The van der Waals surface area contributed by atoms with Crippen molar-refractivity contribution >= 4 is 17.6 Å². The summed E-state index contributed by atoms with van der Waals surface area (Å²) in [6.07, 6.45) is 1.74. The molecule has 0 aromatic heterocycles. The molecule has 5 heteroatoms. The summed E-state index contributed by atoms with van der Waals surface area (Å²) < 4.78 is 18.1. The van der Waals surface area contributed by atoms with Gasteiger partial charge in [0.1, 0.15) is 17.8 Å². The monoisotopic (exact) mass is 279 g/mol. The van der Waals surface area contributed by atoms with Crippen molar-refractivity contribution in [2.45, 2.75) is 32.8 Å². The van der Waals surface area contributed by atoms with Crippen molar-refractivity contribution in [2.24, 2.45) is 5.92 Å². The fourth-order valence-electron chi connectivity index (χ4n) is 1.87. The normalized spacial score (nSPS) is 15.6. The molecule has 0 bridgehead atoms. The third kappa shape index (κ3) is 3.35. The lowest BCUT2D eigenvalue weighted by molar-refractivity contribution is -0.152. The van der Waals surface area contributed by atoms with Crippen molar-refractivity contribution in [3.8, 4) is 0 Å². The summed E-state index contributed by atoms with van der Waals surface area (Å²) in [6.45, 7) is 3.75. The number of amides is 1. The van der Waals surface area contributed by atoms with E-state index < -0.39 is 11.9 Å². The largest absolute Gasteiger partial charge is 0.462 e. The molecule has 1 unspecified atom stereocenters. The smallest absolute Gasteiger partial charge is 0.318 e. The van der Waals surface area contributed by atoms with E-state index in [-0.39, 0.29) is 17.8 Å². The Morgan fingerprint density at radius 1 is 1.35 bits per heavy atom. The first-order valence-electron chi connectivity index (χ1n) is 6.80. The van der Waals surface area contributed by atoms with E-state index in [4.69, 9.17) is 4.74 Å². The Hall–Kier alpha value is -1.91. The molecule has 1 aliphatic rings. The van der Waals surface area contributed by atoms with E-state index in [1.54, 1.807) is 13.8 Å². The predicted octanol–water partition coefficient (Wildman–Crippen LogP) is 2.52. The molecule has 1 aliphatic carbocycles. The fraction of sp³-hybridized carbons (Fsp3) is 0.467. The lowest BCUT2D eigenvalue weighted by atomic mass is 10.1. The van der Waals surface area contributed by atoms with E-state index in [0.29, 0.717) is 12.2 Å². The Morgan fingerprint density at radius 3 is 2.45 bits per heavy atom. The first kappa shape index (κ1) is 14.5. The number of rotatable bonds is 5. The zero-order chi connectivity index (χ0) is 14.7. The van der Waals surface area contributed by atoms with Gasteiger partial charge in [-0.3, -0.25) is 9.59 Å². The number of halogens is 1. The van der Waals surface area contributed by atoms with Crippen LogP contribution in [0.4, 0.5) is 10.1 Å². The zero-order valence-electron chi connectivity index (χ0n) is 11.6. The van der Waals surface area contributed by atoms with E-state index in [0.717, 1.165) is 12.8 Å². The van der Waals surface area contributed by atoms with Crippen LogP contribution in [0, 0.1) is 11.7 Å². The summed E-state index contributed by atoms with van der Waals surface area (Å²) >= 11 is 0. The second kappa shape index (κ2) is 6.03. The number of anilines is 1. The Morgan fingerprint density at radius 2 is 1.95 bits per heavy atom. The standard InChI is InChI=1S/C15H18FNO3/c1-3-17(12-6-4-11(16)5-7-12)14(18)10(2)15(19)20-13-8-9-13/h4-7,10,13H,3,8-9H2,1-2H3. The summed E-state index contributed by atoms with van der Waals surface area (Å²) in [5.74, 6) is -2.03. The molecular formula is C15H18FNO3. The minimum atomic E-state index is -0.847. The van der Waals surface area contributed by atoms with Crippen LogP contribution in [0.2, 0.25) is 0 Å². The molecule has 0 N–H and O–H groups in total. The van der Waals surface area contributed by atoms with Crippen LogP contribution >= 0.6 is 0 Å². The summed E-state index contributed by atoms with van der Waals surface area (Å²) in [7, 11) is 0. The van der Waals surface area contributed by atoms with Crippen LogP contribution in [0.1, 0.15) is 26.7 Å². The molecule has 1 aromatic carbocycles. The molecule has 0 aliphatic heterocycles. The molecule has 0 saturated heterocycles. The molecule has 1 aromatic rings. The Kier molecular flexibility index (Phi) is 4.37. The summed E-state index contributed by atoms with van der Waals surface area (Å²) in [5, 5.41) is 0. The van der Waals surface area contributed by atoms with Gasteiger partial charge in [-0.25, -0.2) is 4.39 Å². The van der Waals surface area contributed by atoms with Crippen molar-refractivity contribution < 1.29 is 18.7 Å². The van der Waals surface area contributed by atoms with Crippen LogP contribution < -0.4 is 4.90 Å². The highest BCUT2D eigenvalue weighted by Gasteiger charge is 2.33. The van der Waals surface area contributed by atoms with Crippen LogP contribution in [0.15, 0.2) is 24.3 Å². The predicted molar refractivity (Wildman–Crippen MR) is 72.7 cm³/mol. The molecule has 4 nitrogen and oxygen atoms in total. The second-order valence-electron chi connectivity index (χ2n) is 4.92. The van der Waals surface area contributed by atoms with Gasteiger partial charge in [0.05, 0.1) is 0 Å². The van der Waals surface area contributed by atoms with Gasteiger partial charge >= 0.3 is 5.97 Å². The van der Waals surface area contributed by atoms with Crippen molar-refractivity contribution in [1.29, 1.82) is 0 Å². The summed E-state index contributed by atoms with van der Waals surface area (Å²) in [6, 6.07) is 5.63. The number of benzene rings is 1. The maximum atomic E-state index is 12.9. The molecule has 1 atom stereocenters. The molecule has 1 amide bonds. The minimum Gasteiger partial charge on any atom is -0.462 e. The summed E-state index contributed by atoms with van der Waals surface area (Å²) in [5.41, 5.74) is 0.574. The van der Waals surface area contributed by atoms with Gasteiger partial charge in [0, 0.05) is 12.2 Å². The van der Waals surface area contributed by atoms with Gasteiger partial charge in [0.15, 0.2) is 0 Å². The molecular weight excluding hydrogens is 261 g/mol. The quantitative estimate of drug-likeness (QED) is 0.614. The Bertz CT molecular complexity index is 496. The van der Waals surface area contributed by atoms with Gasteiger partial charge in [-0.1, -0.05) is 0 Å². The fourth-order valence-corrected chi connectivity index (χ4v) is 1.87. The van der Waals surface area contributed by atoms with Crippen molar-refractivity contribution in [1.82, 2.24) is 0 Å². The lowest BCUT2D eigenvalue weighted by Crippen LogP contribution is -2.39. The zero-order valence-corrected chi connectivity index (χ0v) is 11.6. The SMILES string of the molecule is CCN(C(=O)C(C)C(=O)OC1CC1)c1ccc(F)cc1. The Balaban J connectivity index is 2.07. The molecule has 1 saturated carbocycles. The third-order valence-electron chi connectivity index (χ3n) is 3.25. The third-order valence-corrected chi connectivity index (χ3v) is 3.25. The highest BCUT2D eigenvalue weighted by atomic mass is 19.1. The number of ether oxygens (including phenoxy) is 1. The molecule has 0 radical (unpaired) electrons. The van der Waals surface area contributed by atoms with Gasteiger partial charge in [-0.15, -0.1) is 0 Å². The molecule has 2 rings (SSSR count). The van der Waals surface area contributed by atoms with E-state index in [2.05, 4.69) is 0 Å². The maximum Gasteiger partial charge on any atom is 0.318 e. The molecule has 0 spiro atoms. The minimum absolute atomic E-state index is 0.0151. The van der Waals surface area contributed by atoms with Crippen LogP contribution in [-0.2, 0) is 14.3 Å². The van der Waals surface area contributed by atoms with Crippen LogP contribution in [0.5, 0.6) is 0 Å². The van der Waals surface area contributed by atoms with Gasteiger partial charge in [-0.2, -0.15) is 0 Å². The highest BCUT2D eigenvalue weighted by molar-refractivity contribution is 6.05. The highest BCUT2D eigenvalue weighted by Crippen LogP contribution is 2.25. The number of nitrogens with zero attached hydrogens (tertiary/aromatic N) is 1. The first-order chi connectivity index (χ1) is 9.52. The van der Waals surface area contributed by atoms with Crippen LogP contribution in [0.25, 0.3) is 0 Å². The van der Waals surface area contributed by atoms with E-state index in [1.165, 1.54) is 29.2 Å². The number of carbonyl (C=O) groups excluding carboxylic acids is 2. The van der Waals surface area contributed by atoms with Gasteiger partial charge in [-0.05, 0) is 51.0 Å². The van der Waals surface area contributed by atoms with Crippen molar-refractivity contribution in [3.63, 3.8) is 0 Å². The van der Waals surface area contributed by atoms with Crippen LogP contribution in [0.3, 0.4) is 0 Å².